The summed E-state index contributed by atoms with van der Waals surface area (Å²) in [6, 6.07) is 1.93. The van der Waals surface area contributed by atoms with Gasteiger partial charge in [0.15, 0.2) is 5.65 Å². The number of aromatic nitrogens is 3. The fourth-order valence-electron chi connectivity index (χ4n) is 1.57. The maximum absolute atomic E-state index is 8.95. The van der Waals surface area contributed by atoms with Crippen molar-refractivity contribution in [1.82, 2.24) is 15.0 Å². The lowest BCUT2D eigenvalue weighted by atomic mass is 9.95. The van der Waals surface area contributed by atoms with E-state index < -0.39 is 0 Å². The number of hydrogen-bond donors (Lipinski definition) is 2. The summed E-state index contributed by atoms with van der Waals surface area (Å²) in [5, 5.41) is 9.50. The van der Waals surface area contributed by atoms with Gasteiger partial charge in [-0.2, -0.15) is 5.26 Å². The summed E-state index contributed by atoms with van der Waals surface area (Å²) < 4.78 is 0. The first-order chi connectivity index (χ1) is 8.34. The van der Waals surface area contributed by atoms with Gasteiger partial charge in [0.2, 0.25) is 0 Å². The summed E-state index contributed by atoms with van der Waals surface area (Å²) in [5.41, 5.74) is 12.2. The molecule has 4 N–H and O–H groups in total. The van der Waals surface area contributed by atoms with E-state index in [0.717, 1.165) is 0 Å². The molecular weight excluding hydrogens is 228 g/mol. The van der Waals surface area contributed by atoms with Gasteiger partial charge in [0.1, 0.15) is 23.3 Å². The second kappa shape index (κ2) is 3.81. The van der Waals surface area contributed by atoms with Crippen LogP contribution in [-0.4, -0.2) is 15.0 Å². The lowest BCUT2D eigenvalue weighted by Gasteiger charge is -2.16. The number of nitriles is 1. The van der Waals surface area contributed by atoms with Gasteiger partial charge in [-0.05, 0) is 0 Å². The Morgan fingerprint density at radius 3 is 2.44 bits per heavy atom. The van der Waals surface area contributed by atoms with Crippen molar-refractivity contribution < 1.29 is 0 Å². The van der Waals surface area contributed by atoms with Gasteiger partial charge in [-0.25, -0.2) is 15.0 Å². The van der Waals surface area contributed by atoms with Crippen molar-refractivity contribution in [3.05, 3.63) is 17.6 Å². The van der Waals surface area contributed by atoms with Crippen LogP contribution in [0, 0.1) is 11.3 Å². The van der Waals surface area contributed by atoms with Gasteiger partial charge in [0.05, 0.1) is 11.1 Å². The highest BCUT2D eigenvalue weighted by molar-refractivity contribution is 5.92. The van der Waals surface area contributed by atoms with E-state index in [9.17, 15) is 0 Å². The number of nitrogens with zero attached hydrogens (tertiary/aromatic N) is 4. The normalized spacial score (nSPS) is 11.4. The molecule has 0 saturated heterocycles. The summed E-state index contributed by atoms with van der Waals surface area (Å²) in [4.78, 5) is 12.7. The van der Waals surface area contributed by atoms with Crippen LogP contribution in [0.2, 0.25) is 0 Å². The van der Waals surface area contributed by atoms with E-state index in [-0.39, 0.29) is 22.5 Å². The molecule has 0 aliphatic rings. The molecule has 0 fully saturated rings. The van der Waals surface area contributed by atoms with Crippen LogP contribution in [0.5, 0.6) is 0 Å². The lowest BCUT2D eigenvalue weighted by molar-refractivity contribution is 0.548. The molecule has 2 aromatic rings. The predicted octanol–water partition coefficient (Wildman–Crippen LogP) is 1.36. The molecule has 0 saturated carbocycles. The van der Waals surface area contributed by atoms with Crippen LogP contribution in [0.25, 0.3) is 11.0 Å². The Kier molecular flexibility index (Phi) is 2.55. The number of nitrogen functional groups attached to an aromatic ring is 2. The molecular formula is C12H14N6. The molecule has 0 amide bonds. The van der Waals surface area contributed by atoms with Crippen LogP contribution in [-0.2, 0) is 5.41 Å². The minimum absolute atomic E-state index is 0.0982. The van der Waals surface area contributed by atoms with Crippen molar-refractivity contribution in [3.63, 3.8) is 0 Å². The molecule has 6 heteroatoms. The SMILES string of the molecule is CC(C)(C)c1ncc2c(N)c(C#N)c(N)nc2n1. The lowest BCUT2D eigenvalue weighted by Crippen LogP contribution is -2.16. The summed E-state index contributed by atoms with van der Waals surface area (Å²) in [6.07, 6.45) is 1.59. The molecule has 0 spiro atoms. The van der Waals surface area contributed by atoms with Gasteiger partial charge >= 0.3 is 0 Å². The van der Waals surface area contributed by atoms with Crippen LogP contribution in [0.15, 0.2) is 6.20 Å². The zero-order chi connectivity index (χ0) is 13.5. The molecule has 92 valence electrons. The average molecular weight is 242 g/mol. The standard InChI is InChI=1S/C12H14N6/c1-12(2,3)11-16-5-7-8(14)6(4-13)9(15)17-10(7)18-11/h5H,1-3H3,(H4,14,15,16,17,18). The zero-order valence-electron chi connectivity index (χ0n) is 10.5. The Labute approximate surface area is 105 Å². The third kappa shape index (κ3) is 1.80. The highest BCUT2D eigenvalue weighted by Gasteiger charge is 2.19. The second-order valence-corrected chi connectivity index (χ2v) is 5.08. The van der Waals surface area contributed by atoms with Crippen LogP contribution in [0.4, 0.5) is 11.5 Å². The number of nitrogens with two attached hydrogens (primary N) is 2. The quantitative estimate of drug-likeness (QED) is 0.720. The van der Waals surface area contributed by atoms with E-state index in [1.165, 1.54) is 0 Å². The van der Waals surface area contributed by atoms with E-state index in [2.05, 4.69) is 15.0 Å². The summed E-state index contributed by atoms with van der Waals surface area (Å²) in [7, 11) is 0. The number of hydrogen-bond acceptors (Lipinski definition) is 6. The molecule has 0 unspecified atom stereocenters. The van der Waals surface area contributed by atoms with Crippen molar-refractivity contribution in [2.45, 2.75) is 26.2 Å². The van der Waals surface area contributed by atoms with E-state index in [1.807, 2.05) is 26.8 Å². The molecule has 2 rings (SSSR count). The smallest absolute Gasteiger partial charge is 0.167 e. The number of pyridine rings is 1. The highest BCUT2D eigenvalue weighted by Crippen LogP contribution is 2.27. The van der Waals surface area contributed by atoms with Gasteiger partial charge in [-0.15, -0.1) is 0 Å². The van der Waals surface area contributed by atoms with Crippen molar-refractivity contribution in [2.75, 3.05) is 11.5 Å². The van der Waals surface area contributed by atoms with Gasteiger partial charge < -0.3 is 11.5 Å². The third-order valence-corrected chi connectivity index (χ3v) is 2.59. The van der Waals surface area contributed by atoms with Gasteiger partial charge in [-0.3, -0.25) is 0 Å². The van der Waals surface area contributed by atoms with E-state index in [4.69, 9.17) is 16.7 Å². The van der Waals surface area contributed by atoms with Crippen molar-refractivity contribution in [1.29, 1.82) is 5.26 Å². The Morgan fingerprint density at radius 2 is 1.89 bits per heavy atom. The van der Waals surface area contributed by atoms with Crippen LogP contribution in [0.3, 0.4) is 0 Å². The summed E-state index contributed by atoms with van der Waals surface area (Å²) in [5.74, 6) is 0.757. The first-order valence-corrected chi connectivity index (χ1v) is 5.47. The minimum atomic E-state index is -0.187. The molecule has 2 heterocycles. The molecule has 18 heavy (non-hydrogen) atoms. The minimum Gasteiger partial charge on any atom is -0.397 e. The van der Waals surface area contributed by atoms with Crippen molar-refractivity contribution >= 4 is 22.5 Å². The van der Waals surface area contributed by atoms with Gasteiger partial charge in [-0.1, -0.05) is 20.8 Å². The maximum atomic E-state index is 8.95. The predicted molar refractivity (Wildman–Crippen MR) is 69.6 cm³/mol. The molecule has 0 aliphatic carbocycles. The Hall–Kier alpha value is -2.42. The fraction of sp³-hybridized carbons (Fsp3) is 0.333. The Morgan fingerprint density at radius 1 is 1.22 bits per heavy atom. The summed E-state index contributed by atoms with van der Waals surface area (Å²) >= 11 is 0. The molecule has 0 aliphatic heterocycles. The fourth-order valence-corrected chi connectivity index (χ4v) is 1.57. The van der Waals surface area contributed by atoms with Crippen LogP contribution < -0.4 is 11.5 Å². The molecule has 6 nitrogen and oxygen atoms in total. The van der Waals surface area contributed by atoms with E-state index in [0.29, 0.717) is 16.9 Å². The van der Waals surface area contributed by atoms with Gasteiger partial charge in [0, 0.05) is 11.6 Å². The van der Waals surface area contributed by atoms with Crippen LogP contribution in [0.1, 0.15) is 32.2 Å². The number of fused-ring (bicyclic) bond motifs is 1. The highest BCUT2D eigenvalue weighted by atomic mass is 15.0. The summed E-state index contributed by atoms with van der Waals surface area (Å²) in [6.45, 7) is 6.01. The topological polar surface area (TPSA) is 114 Å². The Bertz CT molecular complexity index is 663. The monoisotopic (exact) mass is 242 g/mol. The first kappa shape index (κ1) is 12.0. The average Bonchev–Trinajstić information content (AvgIpc) is 2.27. The van der Waals surface area contributed by atoms with Crippen LogP contribution >= 0.6 is 0 Å². The Balaban J connectivity index is 2.79. The zero-order valence-corrected chi connectivity index (χ0v) is 10.5. The van der Waals surface area contributed by atoms with Gasteiger partial charge in [0.25, 0.3) is 0 Å². The van der Waals surface area contributed by atoms with Crippen molar-refractivity contribution in [2.24, 2.45) is 0 Å². The molecule has 0 bridgehead atoms. The molecule has 0 atom stereocenters. The first-order valence-electron chi connectivity index (χ1n) is 5.47. The third-order valence-electron chi connectivity index (χ3n) is 2.59. The van der Waals surface area contributed by atoms with E-state index >= 15 is 0 Å². The largest absolute Gasteiger partial charge is 0.397 e. The van der Waals surface area contributed by atoms with E-state index in [1.54, 1.807) is 6.20 Å². The maximum Gasteiger partial charge on any atom is 0.167 e. The molecule has 0 radical (unpaired) electrons. The number of rotatable bonds is 0. The van der Waals surface area contributed by atoms with Crippen molar-refractivity contribution in [3.8, 4) is 6.07 Å². The molecule has 0 aromatic carbocycles. The molecule has 2 aromatic heterocycles. The second-order valence-electron chi connectivity index (χ2n) is 5.08. The number of anilines is 2.